The summed E-state index contributed by atoms with van der Waals surface area (Å²) >= 11 is -0.543. The van der Waals surface area contributed by atoms with Crippen molar-refractivity contribution in [1.82, 2.24) is 0 Å². The van der Waals surface area contributed by atoms with Crippen LogP contribution in [0.5, 0.6) is 0 Å². The molecule has 24 heavy (non-hydrogen) atoms. The third-order valence-electron chi connectivity index (χ3n) is 5.52. The minimum absolute atomic E-state index is 0.543. The van der Waals surface area contributed by atoms with Crippen molar-refractivity contribution in [2.24, 2.45) is 0 Å². The summed E-state index contributed by atoms with van der Waals surface area (Å²) in [5, 5.41) is 1.66. The van der Waals surface area contributed by atoms with Gasteiger partial charge in [0.1, 0.15) is 0 Å². The Kier molecular flexibility index (Phi) is 8.84. The molecule has 135 valence electrons. The van der Waals surface area contributed by atoms with E-state index in [1.807, 2.05) is 0 Å². The Labute approximate surface area is 159 Å². The summed E-state index contributed by atoms with van der Waals surface area (Å²) in [7, 11) is -1.66. The molecule has 4 heteroatoms. The van der Waals surface area contributed by atoms with E-state index in [9.17, 15) is 0 Å². The average molecular weight is 452 g/mol. The van der Waals surface area contributed by atoms with Crippen LogP contribution >= 0.6 is 0 Å². The summed E-state index contributed by atoms with van der Waals surface area (Å²) in [5.41, 5.74) is 3.13. The van der Waals surface area contributed by atoms with Gasteiger partial charge in [0.05, 0.1) is 0 Å². The first-order valence-corrected chi connectivity index (χ1v) is 21.0. The van der Waals surface area contributed by atoms with Crippen LogP contribution in [-0.2, 0) is 0 Å². The van der Waals surface area contributed by atoms with E-state index in [0.717, 1.165) is 6.42 Å². The van der Waals surface area contributed by atoms with Gasteiger partial charge in [-0.25, -0.2) is 0 Å². The fourth-order valence-electron chi connectivity index (χ4n) is 4.19. The van der Waals surface area contributed by atoms with Crippen molar-refractivity contribution in [3.63, 3.8) is 0 Å². The normalized spacial score (nSPS) is 22.5. The fourth-order valence-corrected chi connectivity index (χ4v) is 8.40. The molecule has 1 aromatic carbocycles. The van der Waals surface area contributed by atoms with E-state index in [1.54, 1.807) is 10.7 Å². The zero-order valence-corrected chi connectivity index (χ0v) is 21.1. The van der Waals surface area contributed by atoms with Crippen LogP contribution in [0.3, 0.4) is 0 Å². The zero-order chi connectivity index (χ0) is 18.4. The minimum atomic E-state index is -1.66. The number of rotatable bonds is 5. The maximum atomic E-state index is 5.54. The fraction of sp³-hybridized carbons (Fsp3) is 0.600. The molecule has 0 aromatic heterocycles. The summed E-state index contributed by atoms with van der Waals surface area (Å²) in [6.45, 7) is 11.8. The number of benzene rings is 1. The van der Waals surface area contributed by atoms with Gasteiger partial charge in [0.25, 0.3) is 6.35 Å². The summed E-state index contributed by atoms with van der Waals surface area (Å²) in [6, 6.07) is 12.3. The van der Waals surface area contributed by atoms with Crippen molar-refractivity contribution in [2.45, 2.75) is 74.2 Å². The Morgan fingerprint density at radius 2 is 1.46 bits per heavy atom. The molecule has 1 aromatic rings. The standard InChI is InChI=1S/C17H29BOSi.3CH3.Sn/c1-6-16-17(15-13-11-10-12-14-15)20(5,9-4)19-18(16,7-2)8-3;;;;/h10-14,19H,6-9H2,1-5H3;3*1H3;. The van der Waals surface area contributed by atoms with Gasteiger partial charge in [0.2, 0.25) is 0 Å². The Hall–Kier alpha value is 0.000519. The molecule has 1 unspecified atom stereocenters. The first-order valence-electron chi connectivity index (χ1n) is 9.78. The third-order valence-corrected chi connectivity index (χ3v) is 9.65. The van der Waals surface area contributed by atoms with Crippen LogP contribution < -0.4 is 0 Å². The van der Waals surface area contributed by atoms with Crippen molar-refractivity contribution in [2.75, 3.05) is 0 Å². The predicted octanol–water partition coefficient (Wildman–Crippen LogP) is 6.42. The van der Waals surface area contributed by atoms with Crippen molar-refractivity contribution in [3.05, 3.63) is 41.4 Å². The third kappa shape index (κ3) is 4.79. The second kappa shape index (κ2) is 9.63. The second-order valence-electron chi connectivity index (χ2n) is 7.88. The van der Waals surface area contributed by atoms with Gasteiger partial charge in [-0.2, -0.15) is 0 Å². The molecule has 0 saturated carbocycles. The quantitative estimate of drug-likeness (QED) is 0.361. The van der Waals surface area contributed by atoms with E-state index in [4.69, 9.17) is 4.34 Å². The second-order valence-corrected chi connectivity index (χ2v) is 20.5. The van der Waals surface area contributed by atoms with Crippen LogP contribution in [-0.4, -0.2) is 38.8 Å². The van der Waals surface area contributed by atoms with Crippen molar-refractivity contribution in [3.8, 4) is 0 Å². The predicted molar refractivity (Wildman–Crippen MR) is 118 cm³/mol. The molecule has 1 aliphatic heterocycles. The molecule has 0 fully saturated rings. The molecule has 1 radical (unpaired) electrons. The van der Waals surface area contributed by atoms with Crippen molar-refractivity contribution in [1.29, 1.82) is 0 Å². The van der Waals surface area contributed by atoms with E-state index in [0.29, 0.717) is 0 Å². The topological polar surface area (TPSA) is 12.8 Å². The first kappa shape index (κ1) is 22.0. The Bertz CT molecular complexity index is 537. The monoisotopic (exact) mass is 453 g/mol. The van der Waals surface area contributed by atoms with Gasteiger partial charge < -0.3 is 4.34 Å². The molecule has 0 spiro atoms. The van der Waals surface area contributed by atoms with Gasteiger partial charge in [-0.1, -0.05) is 64.4 Å². The van der Waals surface area contributed by atoms with Gasteiger partial charge in [-0.3, -0.25) is 0 Å². The Morgan fingerprint density at radius 3 is 1.83 bits per heavy atom. The molecule has 1 nitrogen and oxygen atoms in total. The molecule has 1 heterocycles. The molecule has 1 aliphatic rings. The number of allylic oxidation sites excluding steroid dienone is 1. The van der Waals surface area contributed by atoms with Crippen LogP contribution in [0.25, 0.3) is 5.20 Å². The summed E-state index contributed by atoms with van der Waals surface area (Å²) in [4.78, 5) is 7.09. The van der Waals surface area contributed by atoms with E-state index in [-0.39, 0.29) is 0 Å². The Balaban J connectivity index is 0.000000648. The van der Waals surface area contributed by atoms with E-state index >= 15 is 0 Å². The summed E-state index contributed by atoms with van der Waals surface area (Å²) in [6.07, 6.45) is 2.95. The molecule has 1 N–H and O–H groups in total. The van der Waals surface area contributed by atoms with Crippen LogP contribution in [0.4, 0.5) is 0 Å². The van der Waals surface area contributed by atoms with Gasteiger partial charge >= 0.3 is 42.9 Å². The molecule has 0 amide bonds. The molecule has 0 aliphatic carbocycles. The van der Waals surface area contributed by atoms with Gasteiger partial charge in [0, 0.05) is 12.6 Å². The number of hydrogen-bond donors (Lipinski definition) is 0. The summed E-state index contributed by atoms with van der Waals surface area (Å²) < 4.78 is 5.54. The van der Waals surface area contributed by atoms with Gasteiger partial charge in [-0.15, -0.1) is 18.1 Å². The van der Waals surface area contributed by atoms with Crippen LogP contribution in [0.2, 0.25) is 40.1 Å². The summed E-state index contributed by atoms with van der Waals surface area (Å²) in [5.74, 6) is 0. The van der Waals surface area contributed by atoms with Crippen LogP contribution in [0, 0.1) is 0 Å². The molecule has 0 bridgehead atoms. The molecular weight excluding hydrogens is 414 g/mol. The molecule has 0 saturated heterocycles. The van der Waals surface area contributed by atoms with Gasteiger partial charge in [0.15, 0.2) is 0 Å². The zero-order valence-electron chi connectivity index (χ0n) is 17.2. The maximum absolute atomic E-state index is 5.54. The van der Waals surface area contributed by atoms with Crippen molar-refractivity contribution < 1.29 is 4.34 Å². The van der Waals surface area contributed by atoms with Crippen LogP contribution in [0.1, 0.15) is 39.7 Å². The van der Waals surface area contributed by atoms with E-state index in [2.05, 4.69) is 79.4 Å². The SMILES string of the molecule is CCC1=C(c2ccccc2)[Si](C)(CC)[OH+][B-]1(CC)CC.[CH3][Sn]([CH3])[CH3]. The Morgan fingerprint density at radius 1 is 0.958 bits per heavy atom. The average Bonchev–Trinajstić information content (AvgIpc) is 2.84. The van der Waals surface area contributed by atoms with Crippen LogP contribution in [0.15, 0.2) is 35.8 Å². The first-order chi connectivity index (χ1) is 11.3. The van der Waals surface area contributed by atoms with Crippen molar-refractivity contribution >= 4 is 39.6 Å². The number of hydrogen-bond acceptors (Lipinski definition) is 0. The van der Waals surface area contributed by atoms with E-state index < -0.39 is 34.4 Å². The molecular formula is C20H38BOSiSn. The molecule has 2 rings (SSSR count). The van der Waals surface area contributed by atoms with E-state index in [1.165, 1.54) is 24.2 Å². The molecule has 1 atom stereocenters. The van der Waals surface area contributed by atoms with Gasteiger partial charge in [-0.05, 0) is 10.8 Å².